The van der Waals surface area contributed by atoms with Crippen molar-refractivity contribution in [2.45, 2.75) is 70.7 Å². The Kier molecular flexibility index (Phi) is 8.18. The summed E-state index contributed by atoms with van der Waals surface area (Å²) in [5.41, 5.74) is 1.43. The second-order valence-electron chi connectivity index (χ2n) is 9.91. The summed E-state index contributed by atoms with van der Waals surface area (Å²) in [5.74, 6) is 2.61. The summed E-state index contributed by atoms with van der Waals surface area (Å²) < 4.78 is 4.76. The molecule has 3 aromatic rings. The minimum atomic E-state index is -0.172. The molecular weight excluding hydrogens is 470 g/mol. The first-order valence-electron chi connectivity index (χ1n) is 12.8. The molecule has 2 N–H and O–H groups in total. The van der Waals surface area contributed by atoms with E-state index in [1.54, 1.807) is 10.9 Å². The topological polar surface area (TPSA) is 88.0 Å². The largest absolute Gasteiger partial charge is 0.370 e. The van der Waals surface area contributed by atoms with Crippen molar-refractivity contribution >= 4 is 29.5 Å². The van der Waals surface area contributed by atoms with Crippen LogP contribution in [-0.2, 0) is 0 Å². The predicted molar refractivity (Wildman–Crippen MR) is 147 cm³/mol. The zero-order valence-electron chi connectivity index (χ0n) is 21.9. The summed E-state index contributed by atoms with van der Waals surface area (Å²) in [6.45, 7) is 12.6. The van der Waals surface area contributed by atoms with E-state index in [0.717, 1.165) is 55.2 Å². The van der Waals surface area contributed by atoms with Gasteiger partial charge in [0, 0.05) is 35.9 Å². The zero-order chi connectivity index (χ0) is 25.7. The Balaban J connectivity index is 1.56. The second-order valence-corrected chi connectivity index (χ2v) is 10.8. The van der Waals surface area contributed by atoms with Crippen LogP contribution in [0.2, 0.25) is 0 Å². The van der Waals surface area contributed by atoms with Gasteiger partial charge in [0.05, 0.1) is 11.3 Å². The van der Waals surface area contributed by atoms with E-state index in [2.05, 4.69) is 52.7 Å². The molecule has 3 aromatic heterocycles. The molecule has 1 fully saturated rings. The zero-order valence-corrected chi connectivity index (χ0v) is 22.7. The maximum Gasteiger partial charge on any atom is 0.265 e. The normalized spacial score (nSPS) is 19.5. The molecule has 0 aliphatic carbocycles. The third kappa shape index (κ3) is 5.83. The molecule has 0 radical (unpaired) electrons. The average Bonchev–Trinajstić information content (AvgIpc) is 3.45. The first kappa shape index (κ1) is 26.0. The number of anilines is 2. The fraction of sp³-hybridized carbons (Fsp3) is 0.481. The number of amides is 1. The SMILES string of the molecule is CCCCNc1ccc(SNC(=O)c2ccc(-n3ccc(C)n3)nc2N2CC(C)CC2(C)CC)cn1. The van der Waals surface area contributed by atoms with E-state index in [1.807, 2.05) is 43.5 Å². The molecular formula is C27H37N7OS. The molecule has 0 bridgehead atoms. The molecule has 8 nitrogen and oxygen atoms in total. The van der Waals surface area contributed by atoms with Crippen molar-refractivity contribution in [1.82, 2.24) is 24.5 Å². The third-order valence-electron chi connectivity index (χ3n) is 6.85. The van der Waals surface area contributed by atoms with Crippen molar-refractivity contribution < 1.29 is 4.79 Å². The van der Waals surface area contributed by atoms with Gasteiger partial charge in [-0.15, -0.1) is 0 Å². The molecule has 1 amide bonds. The van der Waals surface area contributed by atoms with Gasteiger partial charge < -0.3 is 10.2 Å². The van der Waals surface area contributed by atoms with Gasteiger partial charge in [0.25, 0.3) is 5.91 Å². The van der Waals surface area contributed by atoms with Crippen molar-refractivity contribution in [3.63, 3.8) is 0 Å². The van der Waals surface area contributed by atoms with E-state index >= 15 is 0 Å². The Bertz CT molecular complexity index is 1180. The molecule has 2 atom stereocenters. The first-order valence-corrected chi connectivity index (χ1v) is 13.6. The fourth-order valence-electron chi connectivity index (χ4n) is 4.73. The van der Waals surface area contributed by atoms with Gasteiger partial charge in [-0.2, -0.15) is 5.10 Å². The van der Waals surface area contributed by atoms with Gasteiger partial charge in [0.15, 0.2) is 5.82 Å². The molecule has 1 saturated heterocycles. The monoisotopic (exact) mass is 507 g/mol. The van der Waals surface area contributed by atoms with Crippen LogP contribution < -0.4 is 14.9 Å². The van der Waals surface area contributed by atoms with Crippen molar-refractivity contribution in [3.8, 4) is 5.82 Å². The summed E-state index contributed by atoms with van der Waals surface area (Å²) in [4.78, 5) is 26.0. The highest BCUT2D eigenvalue weighted by Gasteiger charge is 2.41. The van der Waals surface area contributed by atoms with Crippen molar-refractivity contribution in [2.24, 2.45) is 5.92 Å². The Morgan fingerprint density at radius 2 is 2.06 bits per heavy atom. The third-order valence-corrected chi connectivity index (χ3v) is 7.61. The predicted octanol–water partition coefficient (Wildman–Crippen LogP) is 5.63. The van der Waals surface area contributed by atoms with Gasteiger partial charge >= 0.3 is 0 Å². The van der Waals surface area contributed by atoms with E-state index in [1.165, 1.54) is 11.9 Å². The van der Waals surface area contributed by atoms with Gasteiger partial charge in [-0.3, -0.25) is 9.52 Å². The number of carbonyl (C=O) groups is 1. The van der Waals surface area contributed by atoms with Gasteiger partial charge in [-0.05, 0) is 81.3 Å². The standard InChI is InChI=1S/C27H37N7OS/c1-6-8-14-28-23-11-9-21(17-29-23)36-32-26(35)22-10-12-24(34-15-13-20(4)31-34)30-25(22)33-18-19(3)16-27(33,5)7-2/h9-13,15,17,19H,6-8,14,16,18H2,1-5H3,(H,28,29)(H,32,35). The van der Waals surface area contributed by atoms with Crippen LogP contribution in [-0.4, -0.2) is 44.3 Å². The first-order chi connectivity index (χ1) is 17.3. The quantitative estimate of drug-likeness (QED) is 0.271. The minimum Gasteiger partial charge on any atom is -0.370 e. The lowest BCUT2D eigenvalue weighted by Gasteiger charge is -2.36. The highest BCUT2D eigenvalue weighted by atomic mass is 32.2. The van der Waals surface area contributed by atoms with Crippen LogP contribution in [0.5, 0.6) is 0 Å². The van der Waals surface area contributed by atoms with E-state index in [0.29, 0.717) is 23.1 Å². The molecule has 192 valence electrons. The van der Waals surface area contributed by atoms with Gasteiger partial charge in [0.2, 0.25) is 0 Å². The Hall–Kier alpha value is -3.07. The van der Waals surface area contributed by atoms with Crippen LogP contribution >= 0.6 is 11.9 Å². The van der Waals surface area contributed by atoms with Gasteiger partial charge in [0.1, 0.15) is 11.6 Å². The summed E-state index contributed by atoms with van der Waals surface area (Å²) in [7, 11) is 0. The number of nitrogens with one attached hydrogen (secondary N) is 2. The van der Waals surface area contributed by atoms with Gasteiger partial charge in [-0.25, -0.2) is 14.6 Å². The molecule has 2 unspecified atom stereocenters. The Labute approximate surface area is 218 Å². The summed E-state index contributed by atoms with van der Waals surface area (Å²) in [6, 6.07) is 9.58. The highest BCUT2D eigenvalue weighted by molar-refractivity contribution is 7.98. The van der Waals surface area contributed by atoms with Crippen LogP contribution in [0.1, 0.15) is 69.4 Å². The van der Waals surface area contributed by atoms with Crippen LogP contribution in [0.25, 0.3) is 5.82 Å². The molecule has 0 aromatic carbocycles. The minimum absolute atomic E-state index is 0.0578. The number of nitrogens with zero attached hydrogens (tertiary/aromatic N) is 5. The molecule has 4 rings (SSSR count). The molecule has 9 heteroatoms. The van der Waals surface area contributed by atoms with Crippen LogP contribution in [0.4, 0.5) is 11.6 Å². The number of hydrogen-bond acceptors (Lipinski definition) is 7. The van der Waals surface area contributed by atoms with E-state index < -0.39 is 0 Å². The second kappa shape index (κ2) is 11.3. The number of unbranched alkanes of at least 4 members (excludes halogenated alkanes) is 1. The van der Waals surface area contributed by atoms with E-state index in [-0.39, 0.29) is 11.4 Å². The smallest absolute Gasteiger partial charge is 0.265 e. The highest BCUT2D eigenvalue weighted by Crippen LogP contribution is 2.40. The Morgan fingerprint density at radius 1 is 1.22 bits per heavy atom. The summed E-state index contributed by atoms with van der Waals surface area (Å²) >= 11 is 1.27. The summed E-state index contributed by atoms with van der Waals surface area (Å²) in [6.07, 6.45) is 7.96. The van der Waals surface area contributed by atoms with Crippen molar-refractivity contribution in [2.75, 3.05) is 23.3 Å². The number of rotatable bonds is 10. The number of aromatic nitrogens is 4. The maximum atomic E-state index is 13.4. The molecule has 1 aliphatic rings. The molecule has 1 aliphatic heterocycles. The van der Waals surface area contributed by atoms with Crippen LogP contribution in [0.3, 0.4) is 0 Å². The lowest BCUT2D eigenvalue weighted by Crippen LogP contribution is -2.42. The lowest BCUT2D eigenvalue weighted by molar-refractivity contribution is 0.0984. The maximum absolute atomic E-state index is 13.4. The lowest BCUT2D eigenvalue weighted by atomic mass is 9.92. The number of aryl methyl sites for hydroxylation is 1. The van der Waals surface area contributed by atoms with Crippen LogP contribution in [0.15, 0.2) is 47.6 Å². The van der Waals surface area contributed by atoms with Gasteiger partial charge in [-0.1, -0.05) is 27.2 Å². The average molecular weight is 508 g/mol. The van der Waals surface area contributed by atoms with E-state index in [9.17, 15) is 4.79 Å². The number of carbonyl (C=O) groups excluding carboxylic acids is 1. The molecule has 0 saturated carbocycles. The van der Waals surface area contributed by atoms with E-state index in [4.69, 9.17) is 4.98 Å². The molecule has 0 spiro atoms. The van der Waals surface area contributed by atoms with Crippen LogP contribution in [0, 0.1) is 12.8 Å². The van der Waals surface area contributed by atoms with Crippen molar-refractivity contribution in [1.29, 1.82) is 0 Å². The number of hydrogen-bond donors (Lipinski definition) is 2. The summed E-state index contributed by atoms with van der Waals surface area (Å²) in [5, 5.41) is 7.83. The van der Waals surface area contributed by atoms with Crippen molar-refractivity contribution in [3.05, 3.63) is 54.0 Å². The number of pyridine rings is 2. The molecule has 4 heterocycles. The Morgan fingerprint density at radius 3 is 2.72 bits per heavy atom. The molecule has 36 heavy (non-hydrogen) atoms. The fourth-order valence-corrected chi connectivity index (χ4v) is 5.29.